The number of hydrogen-bond donors (Lipinski definition) is 2. The minimum atomic E-state index is -1.05. The van der Waals surface area contributed by atoms with Crippen LogP contribution in [0.5, 0.6) is 17.4 Å². The number of aliphatic hydroxyl groups excluding tert-OH is 1. The normalized spacial score (nSPS) is 18.2. The summed E-state index contributed by atoms with van der Waals surface area (Å²) < 4.78 is 29.1. The van der Waals surface area contributed by atoms with Gasteiger partial charge in [0.05, 0.1) is 20.3 Å². The first-order chi connectivity index (χ1) is 22.2. The van der Waals surface area contributed by atoms with Gasteiger partial charge in [-0.2, -0.15) is 0 Å². The lowest BCUT2D eigenvalue weighted by Crippen LogP contribution is -2.57. The predicted octanol–water partition coefficient (Wildman–Crippen LogP) is 5.07. The second-order valence-electron chi connectivity index (χ2n) is 13.6. The molecular formula is C34H40BrN3O9. The summed E-state index contributed by atoms with van der Waals surface area (Å²) in [6.07, 6.45) is -1.32. The van der Waals surface area contributed by atoms with Gasteiger partial charge >= 0.3 is 12.1 Å². The lowest BCUT2D eigenvalue weighted by Gasteiger charge is -2.35. The first-order valence-corrected chi connectivity index (χ1v) is 16.1. The molecule has 2 N–H and O–H groups in total. The number of likely N-dealkylation sites (tertiary alicyclic amines) is 1. The minimum Gasteiger partial charge on any atom is -0.472 e. The molecule has 3 aromatic rings. The zero-order chi connectivity index (χ0) is 34.1. The first kappa shape index (κ1) is 34.2. The van der Waals surface area contributed by atoms with Crippen LogP contribution in [-0.4, -0.2) is 84.8 Å². The van der Waals surface area contributed by atoms with Crippen LogP contribution in [-0.2, 0) is 19.1 Å². The summed E-state index contributed by atoms with van der Waals surface area (Å²) in [5.41, 5.74) is 0.706. The van der Waals surface area contributed by atoms with Crippen molar-refractivity contribution in [1.29, 1.82) is 0 Å². The number of aliphatic hydroxyl groups is 1. The topological polar surface area (TPSA) is 146 Å². The SMILES string of the molecule is COC(=O)[C@@H]1C[C@@H](Oc2nc3c4c(ccc3cc2-c2cccc(Br)c2)OCO4)CN1C(=O)[C@@H](NC(=O)OCC(C)(C)CO)C(C)(C)C. The highest BCUT2D eigenvalue weighted by atomic mass is 79.9. The third-order valence-corrected chi connectivity index (χ3v) is 8.61. The molecule has 2 aliphatic rings. The Balaban J connectivity index is 1.46. The standard InChI is InChI=1S/C34H40BrN3O9/c1-33(2,3)28(37-32(42)44-17-34(4,5)16-39)30(40)38-15-22(14-24(38)31(41)43-6)47-29-23(19-8-7-9-21(35)12-19)13-20-10-11-25-27(26(20)36-29)46-18-45-25/h7-13,22,24,28,39H,14-18H2,1-6H3,(H,37,42)/t22-,24+,28-/m1/s1. The summed E-state index contributed by atoms with van der Waals surface area (Å²) >= 11 is 3.54. The Hall–Kier alpha value is -4.10. The maximum Gasteiger partial charge on any atom is 0.407 e. The van der Waals surface area contributed by atoms with E-state index in [0.717, 1.165) is 15.4 Å². The number of nitrogens with zero attached hydrogens (tertiary/aromatic N) is 2. The molecule has 2 amide bonds. The fourth-order valence-corrected chi connectivity index (χ4v) is 5.86. The van der Waals surface area contributed by atoms with Crippen LogP contribution < -0.4 is 19.5 Å². The van der Waals surface area contributed by atoms with Gasteiger partial charge in [0.1, 0.15) is 30.3 Å². The highest BCUT2D eigenvalue weighted by Gasteiger charge is 2.46. The molecule has 1 aromatic heterocycles. The number of esters is 1. The fourth-order valence-electron chi connectivity index (χ4n) is 5.46. The number of rotatable bonds is 9. The Bertz CT molecular complexity index is 1670. The van der Waals surface area contributed by atoms with Gasteiger partial charge in [-0.05, 0) is 41.3 Å². The monoisotopic (exact) mass is 713 g/mol. The van der Waals surface area contributed by atoms with Crippen molar-refractivity contribution in [3.8, 4) is 28.5 Å². The number of methoxy groups -OCH3 is 1. The van der Waals surface area contributed by atoms with Gasteiger partial charge in [0, 0.05) is 27.3 Å². The maximum atomic E-state index is 14.1. The molecule has 0 radical (unpaired) electrons. The molecule has 3 heterocycles. The number of aromatic nitrogens is 1. The molecule has 0 spiro atoms. The zero-order valence-electron chi connectivity index (χ0n) is 27.3. The molecule has 5 rings (SSSR count). The number of hydrogen-bond acceptors (Lipinski definition) is 10. The van der Waals surface area contributed by atoms with Gasteiger partial charge in [-0.3, -0.25) is 4.79 Å². The van der Waals surface area contributed by atoms with Crippen LogP contribution in [0.2, 0.25) is 0 Å². The fraction of sp³-hybridized carbons (Fsp3) is 0.471. The smallest absolute Gasteiger partial charge is 0.407 e. The van der Waals surface area contributed by atoms with Crippen molar-refractivity contribution in [3.63, 3.8) is 0 Å². The van der Waals surface area contributed by atoms with Crippen molar-refractivity contribution in [2.45, 2.75) is 59.2 Å². The highest BCUT2D eigenvalue weighted by Crippen LogP contribution is 2.42. The summed E-state index contributed by atoms with van der Waals surface area (Å²) in [6, 6.07) is 11.4. The highest BCUT2D eigenvalue weighted by molar-refractivity contribution is 9.10. The molecule has 0 aliphatic carbocycles. The van der Waals surface area contributed by atoms with Crippen molar-refractivity contribution in [2.24, 2.45) is 10.8 Å². The van der Waals surface area contributed by atoms with E-state index in [1.165, 1.54) is 12.0 Å². The maximum absolute atomic E-state index is 14.1. The van der Waals surface area contributed by atoms with Crippen LogP contribution in [0.25, 0.3) is 22.0 Å². The van der Waals surface area contributed by atoms with Crippen molar-refractivity contribution < 1.29 is 43.2 Å². The van der Waals surface area contributed by atoms with Crippen molar-refractivity contribution in [2.75, 3.05) is 33.7 Å². The van der Waals surface area contributed by atoms with Crippen LogP contribution >= 0.6 is 15.9 Å². The Morgan fingerprint density at radius 1 is 1.13 bits per heavy atom. The average molecular weight is 715 g/mol. The minimum absolute atomic E-state index is 0.0313. The Labute approximate surface area is 281 Å². The predicted molar refractivity (Wildman–Crippen MR) is 176 cm³/mol. The average Bonchev–Trinajstić information content (AvgIpc) is 3.69. The number of ether oxygens (including phenoxy) is 5. The van der Waals surface area contributed by atoms with Crippen LogP contribution in [0.4, 0.5) is 4.79 Å². The Morgan fingerprint density at radius 2 is 1.89 bits per heavy atom. The third kappa shape index (κ3) is 7.57. The van der Waals surface area contributed by atoms with E-state index in [-0.39, 0.29) is 33.0 Å². The second-order valence-corrected chi connectivity index (χ2v) is 14.5. The molecule has 1 fully saturated rings. The van der Waals surface area contributed by atoms with E-state index >= 15 is 0 Å². The lowest BCUT2D eigenvalue weighted by atomic mass is 9.85. The Kier molecular flexibility index (Phi) is 9.88. The largest absolute Gasteiger partial charge is 0.472 e. The number of pyridine rings is 1. The van der Waals surface area contributed by atoms with E-state index in [4.69, 9.17) is 28.7 Å². The van der Waals surface area contributed by atoms with E-state index in [9.17, 15) is 19.5 Å². The number of carbonyl (C=O) groups is 3. The number of fused-ring (bicyclic) bond motifs is 3. The van der Waals surface area contributed by atoms with Crippen molar-refractivity contribution >= 4 is 44.8 Å². The molecule has 0 unspecified atom stereocenters. The van der Waals surface area contributed by atoms with E-state index < -0.39 is 47.0 Å². The number of alkyl carbamates (subject to hydrolysis) is 1. The molecule has 3 atom stereocenters. The third-order valence-electron chi connectivity index (χ3n) is 8.12. The van der Waals surface area contributed by atoms with Crippen LogP contribution in [0.1, 0.15) is 41.0 Å². The summed E-state index contributed by atoms with van der Waals surface area (Å²) in [7, 11) is 1.26. The van der Waals surface area contributed by atoms with Crippen LogP contribution in [0, 0.1) is 10.8 Å². The van der Waals surface area contributed by atoms with Crippen LogP contribution in [0.15, 0.2) is 46.9 Å². The molecule has 1 saturated heterocycles. The van der Waals surface area contributed by atoms with E-state index in [0.29, 0.717) is 28.5 Å². The zero-order valence-corrected chi connectivity index (χ0v) is 28.9. The summed E-state index contributed by atoms with van der Waals surface area (Å²) in [5.74, 6) is 0.291. The molecule has 2 aliphatic heterocycles. The molecular weight excluding hydrogens is 674 g/mol. The Morgan fingerprint density at radius 3 is 2.57 bits per heavy atom. The van der Waals surface area contributed by atoms with Crippen LogP contribution in [0.3, 0.4) is 0 Å². The molecule has 13 heteroatoms. The number of halogens is 1. The van der Waals surface area contributed by atoms with E-state index in [2.05, 4.69) is 21.2 Å². The van der Waals surface area contributed by atoms with Gasteiger partial charge in [0.15, 0.2) is 11.5 Å². The van der Waals surface area contributed by atoms with Gasteiger partial charge in [0.2, 0.25) is 18.6 Å². The summed E-state index contributed by atoms with van der Waals surface area (Å²) in [6.45, 7) is 8.78. The number of nitrogens with one attached hydrogen (secondary N) is 1. The molecule has 12 nitrogen and oxygen atoms in total. The number of benzene rings is 2. The second kappa shape index (κ2) is 13.6. The molecule has 252 valence electrons. The number of amides is 2. The molecule has 2 aromatic carbocycles. The van der Waals surface area contributed by atoms with Gasteiger partial charge in [-0.25, -0.2) is 14.6 Å². The molecule has 47 heavy (non-hydrogen) atoms. The van der Waals surface area contributed by atoms with Gasteiger partial charge in [-0.1, -0.05) is 62.7 Å². The van der Waals surface area contributed by atoms with Gasteiger partial charge < -0.3 is 39.0 Å². The van der Waals surface area contributed by atoms with E-state index in [1.807, 2.05) is 42.5 Å². The quantitative estimate of drug-likeness (QED) is 0.288. The number of carbonyl (C=O) groups excluding carboxylic acids is 3. The van der Waals surface area contributed by atoms with Gasteiger partial charge in [0.25, 0.3) is 0 Å². The van der Waals surface area contributed by atoms with Crippen molar-refractivity contribution in [1.82, 2.24) is 15.2 Å². The first-order valence-electron chi connectivity index (χ1n) is 15.3. The summed E-state index contributed by atoms with van der Waals surface area (Å²) in [4.78, 5) is 46.3. The summed E-state index contributed by atoms with van der Waals surface area (Å²) in [5, 5.41) is 13.0. The molecule has 0 saturated carbocycles. The lowest BCUT2D eigenvalue weighted by molar-refractivity contribution is -0.152. The van der Waals surface area contributed by atoms with Crippen molar-refractivity contribution in [3.05, 3.63) is 46.9 Å². The van der Waals surface area contributed by atoms with Gasteiger partial charge in [-0.15, -0.1) is 0 Å². The van der Waals surface area contributed by atoms with E-state index in [1.54, 1.807) is 34.6 Å². The molecule has 0 bridgehead atoms.